The average molecular weight is 405 g/mol. The predicted molar refractivity (Wildman–Crippen MR) is 109 cm³/mol. The van der Waals surface area contributed by atoms with E-state index in [4.69, 9.17) is 0 Å². The second kappa shape index (κ2) is 7.93. The molecule has 26 heavy (non-hydrogen) atoms. The first-order chi connectivity index (χ1) is 10.9. The maximum absolute atomic E-state index is 12.1. The van der Waals surface area contributed by atoms with Crippen molar-refractivity contribution >= 4 is 36.4 Å². The number of halogens is 2. The zero-order valence-electron chi connectivity index (χ0n) is 16.2. The van der Waals surface area contributed by atoms with E-state index in [1.54, 1.807) is 12.5 Å². The summed E-state index contributed by atoms with van der Waals surface area (Å²) in [6.45, 7) is 6.60. The van der Waals surface area contributed by atoms with Gasteiger partial charge in [-0.3, -0.25) is 9.59 Å². The van der Waals surface area contributed by atoms with Gasteiger partial charge in [0.25, 0.3) is 0 Å². The maximum atomic E-state index is 12.1. The number of carbonyl (C=O) groups excluding carboxylic acids is 2. The molecule has 0 heterocycles. The molecule has 0 aliphatic heterocycles. The summed E-state index contributed by atoms with van der Waals surface area (Å²) in [6, 6.07) is 0. The summed E-state index contributed by atoms with van der Waals surface area (Å²) in [6.07, 6.45) is 11.0. The highest BCUT2D eigenvalue weighted by atomic mass is 35.5. The molecular weight excluding hydrogens is 371 g/mol. The Morgan fingerprint density at radius 2 is 1.81 bits per heavy atom. The van der Waals surface area contributed by atoms with Crippen LogP contribution < -0.4 is 0 Å². The molecule has 2 N–H and O–H groups in total. The molecule has 3 nitrogen and oxygen atoms in total. The zero-order valence-corrected chi connectivity index (χ0v) is 17.8. The molecule has 0 aromatic carbocycles. The Bertz CT molecular complexity index is 602. The molecular formula is C21H34Cl2O3. The number of ketones is 2. The summed E-state index contributed by atoms with van der Waals surface area (Å²) in [5.41, 5.74) is 2.12. The van der Waals surface area contributed by atoms with Gasteiger partial charge in [0.15, 0.2) is 0 Å². The van der Waals surface area contributed by atoms with Crippen LogP contribution in [0.15, 0.2) is 11.6 Å². The van der Waals surface area contributed by atoms with Crippen molar-refractivity contribution in [2.45, 2.75) is 72.1 Å². The van der Waals surface area contributed by atoms with Gasteiger partial charge in [0.05, 0.1) is 0 Å². The van der Waals surface area contributed by atoms with Gasteiger partial charge in [-0.25, -0.2) is 0 Å². The van der Waals surface area contributed by atoms with Gasteiger partial charge in [-0.2, -0.15) is 0 Å². The van der Waals surface area contributed by atoms with Gasteiger partial charge < -0.3 is 5.48 Å². The van der Waals surface area contributed by atoms with Crippen molar-refractivity contribution in [3.63, 3.8) is 0 Å². The fourth-order valence-electron chi connectivity index (χ4n) is 6.98. The first-order valence-electron chi connectivity index (χ1n) is 9.59. The number of allylic oxidation sites excluding steroid dienone is 2. The van der Waals surface area contributed by atoms with Crippen LogP contribution in [-0.4, -0.2) is 17.0 Å². The monoisotopic (exact) mass is 404 g/mol. The van der Waals surface area contributed by atoms with Gasteiger partial charge in [0.1, 0.15) is 11.6 Å². The summed E-state index contributed by atoms with van der Waals surface area (Å²) in [5, 5.41) is 0. The van der Waals surface area contributed by atoms with Crippen molar-refractivity contribution in [1.29, 1.82) is 0 Å². The molecule has 0 aromatic rings. The van der Waals surface area contributed by atoms with Crippen LogP contribution in [0.4, 0.5) is 0 Å². The molecule has 0 saturated heterocycles. The lowest BCUT2D eigenvalue weighted by Crippen LogP contribution is -2.48. The molecule has 3 fully saturated rings. The highest BCUT2D eigenvalue weighted by Gasteiger charge is 2.57. The van der Waals surface area contributed by atoms with Crippen LogP contribution in [0.5, 0.6) is 0 Å². The van der Waals surface area contributed by atoms with Crippen molar-refractivity contribution in [3.05, 3.63) is 11.6 Å². The van der Waals surface area contributed by atoms with Crippen molar-refractivity contribution in [3.8, 4) is 0 Å². The normalized spacial score (nSPS) is 43.3. The third-order valence-electron chi connectivity index (χ3n) is 8.33. The number of hydrogen-bond acceptors (Lipinski definition) is 2. The summed E-state index contributed by atoms with van der Waals surface area (Å²) in [7, 11) is 0. The lowest BCUT2D eigenvalue weighted by molar-refractivity contribution is -0.127. The fourth-order valence-corrected chi connectivity index (χ4v) is 6.98. The van der Waals surface area contributed by atoms with Crippen LogP contribution in [0.25, 0.3) is 0 Å². The lowest BCUT2D eigenvalue weighted by atomic mass is 9.49. The molecule has 4 aliphatic rings. The van der Waals surface area contributed by atoms with E-state index in [0.29, 0.717) is 29.3 Å². The molecule has 4 rings (SSSR count). The smallest absolute Gasteiger partial charge is 0.133 e. The molecule has 1 unspecified atom stereocenters. The average Bonchev–Trinajstić information content (AvgIpc) is 2.85. The third kappa shape index (κ3) is 3.18. The summed E-state index contributed by atoms with van der Waals surface area (Å²) in [4.78, 5) is 24.0. The number of Topliss-reactive ketones (excluding diaryl/α,β-unsaturated/α-hetero) is 2. The Balaban J connectivity index is 0.00000113. The van der Waals surface area contributed by atoms with Crippen LogP contribution in [-0.2, 0) is 9.59 Å². The number of fused-ring (bicyclic) bond motifs is 5. The number of carbonyl (C=O) groups is 2. The highest BCUT2D eigenvalue weighted by molar-refractivity contribution is 5.85. The van der Waals surface area contributed by atoms with Crippen molar-refractivity contribution in [2.24, 2.45) is 34.5 Å². The molecule has 0 spiro atoms. The van der Waals surface area contributed by atoms with Crippen molar-refractivity contribution in [1.82, 2.24) is 0 Å². The fraction of sp³-hybridized carbons (Fsp3) is 0.810. The SMILES string of the molecule is CC(=O)[C@H]1CC[C@H]2[C@@H]3CCC4CC(=O)CC[C@]4(C)C3=CC[C@]12C.Cl.Cl.O. The van der Waals surface area contributed by atoms with E-state index in [1.165, 1.54) is 19.3 Å². The van der Waals surface area contributed by atoms with Gasteiger partial charge in [-0.15, -0.1) is 24.8 Å². The van der Waals surface area contributed by atoms with Gasteiger partial charge in [-0.1, -0.05) is 25.5 Å². The molecule has 0 radical (unpaired) electrons. The van der Waals surface area contributed by atoms with E-state index in [9.17, 15) is 9.59 Å². The van der Waals surface area contributed by atoms with Gasteiger partial charge in [0, 0.05) is 18.8 Å². The molecule has 5 heteroatoms. The van der Waals surface area contributed by atoms with Gasteiger partial charge >= 0.3 is 0 Å². The first kappa shape index (κ1) is 23.7. The Hall–Kier alpha value is -0.380. The molecule has 6 atom stereocenters. The molecule has 0 bridgehead atoms. The predicted octanol–water partition coefficient (Wildman–Crippen LogP) is 4.74. The maximum Gasteiger partial charge on any atom is 0.133 e. The largest absolute Gasteiger partial charge is 0.412 e. The lowest BCUT2D eigenvalue weighted by Gasteiger charge is -2.55. The summed E-state index contributed by atoms with van der Waals surface area (Å²) >= 11 is 0. The Labute approximate surface area is 169 Å². The Kier molecular flexibility index (Phi) is 7.22. The van der Waals surface area contributed by atoms with Crippen LogP contribution in [0, 0.1) is 34.5 Å². The first-order valence-corrected chi connectivity index (χ1v) is 9.59. The Morgan fingerprint density at radius 3 is 2.46 bits per heavy atom. The second-order valence-corrected chi connectivity index (χ2v) is 9.26. The zero-order chi connectivity index (χ0) is 16.4. The van der Waals surface area contributed by atoms with E-state index < -0.39 is 0 Å². The van der Waals surface area contributed by atoms with Crippen molar-refractivity contribution in [2.75, 3.05) is 0 Å². The van der Waals surface area contributed by atoms with E-state index in [1.807, 2.05) is 0 Å². The third-order valence-corrected chi connectivity index (χ3v) is 8.33. The standard InChI is InChI=1S/C21H30O2.2ClH.H2O/c1-13(22)17-6-7-18-16-5-4-14-12-15(23)8-10-20(14,2)19(16)9-11-21(17,18)3;;;/h9,14,16-18H,4-8,10-12H2,1-3H3;2*1H;1H2/t14?,16-,17+,18-,20-,21+;;;/m0.../s1. The van der Waals surface area contributed by atoms with Crippen molar-refractivity contribution < 1.29 is 15.1 Å². The van der Waals surface area contributed by atoms with Crippen LogP contribution >= 0.6 is 24.8 Å². The minimum Gasteiger partial charge on any atom is -0.412 e. The molecule has 150 valence electrons. The van der Waals surface area contributed by atoms with E-state index >= 15 is 0 Å². The Morgan fingerprint density at radius 1 is 1.12 bits per heavy atom. The molecule has 3 saturated carbocycles. The van der Waals surface area contributed by atoms with E-state index in [-0.39, 0.29) is 47.0 Å². The molecule has 4 aliphatic carbocycles. The minimum atomic E-state index is 0. The van der Waals surface area contributed by atoms with E-state index in [2.05, 4.69) is 19.9 Å². The number of hydrogen-bond donors (Lipinski definition) is 0. The minimum absolute atomic E-state index is 0. The topological polar surface area (TPSA) is 65.6 Å². The summed E-state index contributed by atoms with van der Waals surface area (Å²) in [5.74, 6) is 3.07. The van der Waals surface area contributed by atoms with Crippen LogP contribution in [0.1, 0.15) is 72.1 Å². The number of rotatable bonds is 1. The molecule has 0 amide bonds. The van der Waals surface area contributed by atoms with Crippen LogP contribution in [0.2, 0.25) is 0 Å². The van der Waals surface area contributed by atoms with E-state index in [0.717, 1.165) is 32.1 Å². The van der Waals surface area contributed by atoms with Gasteiger partial charge in [-0.05, 0) is 74.0 Å². The highest BCUT2D eigenvalue weighted by Crippen LogP contribution is 2.65. The second-order valence-electron chi connectivity index (χ2n) is 9.26. The van der Waals surface area contributed by atoms with Gasteiger partial charge in [0.2, 0.25) is 0 Å². The molecule has 0 aromatic heterocycles. The van der Waals surface area contributed by atoms with Crippen LogP contribution in [0.3, 0.4) is 0 Å². The quantitative estimate of drug-likeness (QED) is 0.592. The summed E-state index contributed by atoms with van der Waals surface area (Å²) < 4.78 is 0.